The second kappa shape index (κ2) is 3.75. The fourth-order valence-corrected chi connectivity index (χ4v) is 4.73. The summed E-state index contributed by atoms with van der Waals surface area (Å²) in [5, 5.41) is 1.45. The normalized spacial score (nSPS) is 42.4. The van der Waals surface area contributed by atoms with E-state index in [1.54, 1.807) is 0 Å². The van der Waals surface area contributed by atoms with Crippen LogP contribution in [0.5, 0.6) is 0 Å². The van der Waals surface area contributed by atoms with E-state index in [1.807, 2.05) is 30.3 Å². The van der Waals surface area contributed by atoms with Crippen molar-refractivity contribution in [1.29, 1.82) is 0 Å². The zero-order chi connectivity index (χ0) is 14.1. The Labute approximate surface area is 122 Å². The van der Waals surface area contributed by atoms with Crippen molar-refractivity contribution in [2.45, 2.75) is 6.42 Å². The van der Waals surface area contributed by atoms with Gasteiger partial charge in [-0.2, -0.15) is 0 Å². The van der Waals surface area contributed by atoms with Crippen LogP contribution >= 0.6 is 0 Å². The maximum atomic E-state index is 12.9. The van der Waals surface area contributed by atoms with Gasteiger partial charge in [0.1, 0.15) is 0 Å². The second-order valence-corrected chi connectivity index (χ2v) is 6.64. The number of hydrazine groups is 1. The van der Waals surface area contributed by atoms with Gasteiger partial charge in [0.05, 0.1) is 17.5 Å². The molecule has 2 saturated carbocycles. The van der Waals surface area contributed by atoms with Crippen LogP contribution in [0.1, 0.15) is 6.42 Å². The summed E-state index contributed by atoms with van der Waals surface area (Å²) in [6, 6.07) is 9.38. The molecule has 0 unspecified atom stereocenters. The highest BCUT2D eigenvalue weighted by molar-refractivity contribution is 6.04. The Morgan fingerprint density at radius 1 is 0.952 bits per heavy atom. The van der Waals surface area contributed by atoms with Crippen LogP contribution in [-0.4, -0.2) is 11.8 Å². The molecule has 2 amide bonds. The van der Waals surface area contributed by atoms with Gasteiger partial charge in [-0.25, -0.2) is 5.01 Å². The number of hydrogen-bond donors (Lipinski definition) is 1. The van der Waals surface area contributed by atoms with Crippen molar-refractivity contribution in [3.63, 3.8) is 0 Å². The van der Waals surface area contributed by atoms with E-state index in [4.69, 9.17) is 0 Å². The molecule has 0 aromatic heterocycles. The number of benzene rings is 1. The highest BCUT2D eigenvalue weighted by Gasteiger charge is 2.64. The van der Waals surface area contributed by atoms with Gasteiger partial charge in [0.2, 0.25) is 11.8 Å². The van der Waals surface area contributed by atoms with Gasteiger partial charge in [-0.05, 0) is 42.2 Å². The Morgan fingerprint density at radius 2 is 1.62 bits per heavy atom. The highest BCUT2D eigenvalue weighted by Crippen LogP contribution is 2.64. The maximum Gasteiger partial charge on any atom is 0.250 e. The molecule has 2 bridgehead atoms. The van der Waals surface area contributed by atoms with Crippen LogP contribution < -0.4 is 10.4 Å². The fourth-order valence-electron chi connectivity index (χ4n) is 4.73. The molecule has 0 spiro atoms. The molecule has 1 N–H and O–H groups in total. The lowest BCUT2D eigenvalue weighted by molar-refractivity contribution is -0.146. The van der Waals surface area contributed by atoms with Gasteiger partial charge < -0.3 is 0 Å². The third-order valence-electron chi connectivity index (χ3n) is 5.70. The van der Waals surface area contributed by atoms with E-state index in [9.17, 15) is 9.59 Å². The summed E-state index contributed by atoms with van der Waals surface area (Å²) in [5.74, 6) is 1.54. The second-order valence-electron chi connectivity index (χ2n) is 6.64. The Hall–Kier alpha value is -2.10. The number of carbonyl (C=O) groups is 2. The van der Waals surface area contributed by atoms with Crippen LogP contribution in [0, 0.1) is 35.5 Å². The number of hydrogen-bond acceptors (Lipinski definition) is 2. The van der Waals surface area contributed by atoms with Gasteiger partial charge in [-0.1, -0.05) is 30.4 Å². The fraction of sp³-hybridized carbons (Fsp3) is 0.412. The summed E-state index contributed by atoms with van der Waals surface area (Å²) >= 11 is 0. The van der Waals surface area contributed by atoms with Gasteiger partial charge in [0, 0.05) is 0 Å². The molecule has 5 aliphatic rings. The van der Waals surface area contributed by atoms with E-state index < -0.39 is 0 Å². The Balaban J connectivity index is 1.56. The third kappa shape index (κ3) is 1.40. The number of rotatable bonds is 1. The summed E-state index contributed by atoms with van der Waals surface area (Å²) in [6.07, 6.45) is 5.56. The monoisotopic (exact) mass is 280 g/mol. The minimum Gasteiger partial charge on any atom is -0.273 e. The molecule has 4 aliphatic carbocycles. The summed E-state index contributed by atoms with van der Waals surface area (Å²) in [5.41, 5.74) is 3.56. The lowest BCUT2D eigenvalue weighted by Crippen LogP contribution is -2.64. The Morgan fingerprint density at radius 3 is 2.33 bits per heavy atom. The molecule has 1 aromatic rings. The van der Waals surface area contributed by atoms with Crippen LogP contribution in [0.3, 0.4) is 0 Å². The Kier molecular flexibility index (Phi) is 2.06. The van der Waals surface area contributed by atoms with Gasteiger partial charge >= 0.3 is 0 Å². The van der Waals surface area contributed by atoms with Crippen molar-refractivity contribution in [3.8, 4) is 0 Å². The SMILES string of the molecule is O=C1NN(c2ccccc2)C(=O)[C@@H]2[C@@H]3C=C[C@H]([C@H]4C[C@H]34)[C@H]12. The molecule has 21 heavy (non-hydrogen) atoms. The first-order chi connectivity index (χ1) is 10.3. The first-order valence-electron chi connectivity index (χ1n) is 7.63. The zero-order valence-electron chi connectivity index (χ0n) is 11.5. The molecule has 1 saturated heterocycles. The largest absolute Gasteiger partial charge is 0.273 e. The van der Waals surface area contributed by atoms with E-state index in [0.29, 0.717) is 11.8 Å². The number of nitrogens with one attached hydrogen (secondary N) is 1. The molecule has 4 heteroatoms. The van der Waals surface area contributed by atoms with E-state index in [-0.39, 0.29) is 35.5 Å². The van der Waals surface area contributed by atoms with Crippen LogP contribution in [-0.2, 0) is 9.59 Å². The predicted octanol–water partition coefficient (Wildman–Crippen LogP) is 1.75. The molecule has 4 nitrogen and oxygen atoms in total. The molecular weight excluding hydrogens is 264 g/mol. The van der Waals surface area contributed by atoms with Crippen LogP contribution in [0.2, 0.25) is 0 Å². The van der Waals surface area contributed by atoms with Crippen molar-refractivity contribution < 1.29 is 9.59 Å². The number of para-hydroxylation sites is 1. The van der Waals surface area contributed by atoms with Crippen LogP contribution in [0.15, 0.2) is 42.5 Å². The number of carbonyl (C=O) groups excluding carboxylic acids is 2. The molecule has 106 valence electrons. The summed E-state index contributed by atoms with van der Waals surface area (Å²) < 4.78 is 0. The van der Waals surface area contributed by atoms with Crippen LogP contribution in [0.4, 0.5) is 5.69 Å². The molecule has 1 heterocycles. The van der Waals surface area contributed by atoms with Crippen LogP contribution in [0.25, 0.3) is 0 Å². The molecule has 6 rings (SSSR count). The van der Waals surface area contributed by atoms with Gasteiger partial charge in [-0.15, -0.1) is 0 Å². The molecule has 1 aromatic carbocycles. The molecule has 0 radical (unpaired) electrons. The van der Waals surface area contributed by atoms with Gasteiger partial charge in [-0.3, -0.25) is 15.0 Å². The summed E-state index contributed by atoms with van der Waals surface area (Å²) in [7, 11) is 0. The minimum absolute atomic E-state index is 0.00755. The van der Waals surface area contributed by atoms with E-state index in [0.717, 1.165) is 5.69 Å². The first-order valence-corrected chi connectivity index (χ1v) is 7.63. The average molecular weight is 280 g/mol. The molecule has 3 fully saturated rings. The van der Waals surface area contributed by atoms with E-state index >= 15 is 0 Å². The van der Waals surface area contributed by atoms with Crippen molar-refractivity contribution in [3.05, 3.63) is 42.5 Å². The van der Waals surface area contributed by atoms with E-state index in [1.165, 1.54) is 11.4 Å². The highest BCUT2D eigenvalue weighted by atomic mass is 16.2. The van der Waals surface area contributed by atoms with Crippen molar-refractivity contribution >= 4 is 17.5 Å². The summed E-state index contributed by atoms with van der Waals surface area (Å²) in [6.45, 7) is 0. The lowest BCUT2D eigenvalue weighted by atomic mass is 9.61. The van der Waals surface area contributed by atoms with Crippen molar-refractivity contribution in [1.82, 2.24) is 5.43 Å². The number of anilines is 1. The molecule has 1 aliphatic heterocycles. The Bertz CT molecular complexity index is 669. The molecular formula is C17H16N2O2. The van der Waals surface area contributed by atoms with E-state index in [2.05, 4.69) is 17.6 Å². The smallest absolute Gasteiger partial charge is 0.250 e. The first kappa shape index (κ1) is 11.5. The number of nitrogens with zero attached hydrogens (tertiary/aromatic N) is 1. The maximum absolute atomic E-state index is 12.9. The average Bonchev–Trinajstić information content (AvgIpc) is 3.33. The van der Waals surface area contributed by atoms with Gasteiger partial charge in [0.25, 0.3) is 0 Å². The predicted molar refractivity (Wildman–Crippen MR) is 76.8 cm³/mol. The topological polar surface area (TPSA) is 49.4 Å². The third-order valence-corrected chi connectivity index (χ3v) is 5.70. The summed E-state index contributed by atoms with van der Waals surface area (Å²) in [4.78, 5) is 25.5. The molecule has 6 atom stereocenters. The lowest BCUT2D eigenvalue weighted by Gasteiger charge is -2.48. The van der Waals surface area contributed by atoms with Gasteiger partial charge in [0.15, 0.2) is 0 Å². The standard InChI is InChI=1S/C17H16N2O2/c20-16-14-10-6-7-11(13-8-12(10)13)15(14)17(21)19(18-16)9-4-2-1-3-5-9/h1-7,10-15H,8H2,(H,18,20)/t10-,11-,12-,13-,14+,15-/m1/s1. The number of amides is 2. The quantitative estimate of drug-likeness (QED) is 0.797. The number of allylic oxidation sites excluding steroid dienone is 2. The van der Waals surface area contributed by atoms with Crippen molar-refractivity contribution in [2.75, 3.05) is 5.01 Å². The van der Waals surface area contributed by atoms with Crippen molar-refractivity contribution in [2.24, 2.45) is 35.5 Å². The minimum atomic E-state index is -0.169. The zero-order valence-corrected chi connectivity index (χ0v) is 11.5.